The largest absolute Gasteiger partial charge is 0.490 e. The number of carbonyl (C=O) groups is 2. The van der Waals surface area contributed by atoms with Crippen LogP contribution < -0.4 is 10.1 Å². The van der Waals surface area contributed by atoms with E-state index in [4.69, 9.17) is 4.74 Å². The van der Waals surface area contributed by atoms with Crippen molar-refractivity contribution in [1.29, 1.82) is 0 Å². The van der Waals surface area contributed by atoms with Crippen molar-refractivity contribution in [1.82, 2.24) is 4.90 Å². The summed E-state index contributed by atoms with van der Waals surface area (Å²) >= 11 is 0. The number of benzene rings is 1. The molecule has 2 heterocycles. The molecule has 0 bridgehead atoms. The van der Waals surface area contributed by atoms with Crippen molar-refractivity contribution in [3.63, 3.8) is 0 Å². The van der Waals surface area contributed by atoms with Crippen molar-refractivity contribution in [2.45, 2.75) is 50.7 Å². The first-order valence-electron chi connectivity index (χ1n) is 9.26. The number of amides is 2. The van der Waals surface area contributed by atoms with Crippen LogP contribution in [0.5, 0.6) is 5.75 Å². The van der Waals surface area contributed by atoms with Crippen LogP contribution >= 0.6 is 0 Å². The van der Waals surface area contributed by atoms with Crippen molar-refractivity contribution in [3.8, 4) is 5.75 Å². The molecule has 1 aromatic carbocycles. The third kappa shape index (κ3) is 4.06. The molecule has 0 aliphatic carbocycles. The molecule has 1 aromatic rings. The minimum absolute atomic E-state index is 0.0390. The van der Waals surface area contributed by atoms with Crippen molar-refractivity contribution < 1.29 is 28.9 Å². The minimum Gasteiger partial charge on any atom is -0.490 e. The number of carbonyl (C=O) groups excluding carboxylic acids is 2. The molecule has 3 rings (SSSR count). The van der Waals surface area contributed by atoms with Crippen molar-refractivity contribution >= 4 is 17.5 Å². The van der Waals surface area contributed by atoms with Gasteiger partial charge in [0.1, 0.15) is 29.9 Å². The Morgan fingerprint density at radius 2 is 2.22 bits per heavy atom. The van der Waals surface area contributed by atoms with Crippen LogP contribution in [-0.2, 0) is 16.0 Å². The van der Waals surface area contributed by atoms with Gasteiger partial charge in [-0.1, -0.05) is 6.92 Å². The van der Waals surface area contributed by atoms with Gasteiger partial charge >= 0.3 is 0 Å². The smallest absolute Gasteiger partial charge is 0.224 e. The number of β-amino-alcohol motifs (C(OH)–C–C–N with tert-alkyl or cyclic N) is 1. The number of ether oxygens (including phenoxy) is 1. The van der Waals surface area contributed by atoms with E-state index < -0.39 is 17.5 Å². The van der Waals surface area contributed by atoms with Crippen LogP contribution in [0.3, 0.4) is 0 Å². The Labute approximate surface area is 157 Å². The fraction of sp³-hybridized carbons (Fsp3) is 0.579. The molecule has 2 aliphatic heterocycles. The topological polar surface area (TPSA) is 99.1 Å². The number of fused-ring (bicyclic) bond motifs is 1. The van der Waals surface area contributed by atoms with Gasteiger partial charge in [0.15, 0.2) is 0 Å². The standard InChI is InChI=1S/C19H25FN2O5/c1-2-3-17(25)22-9-8-19(26,15(23)10-22)11-27-14-6-5-13(20)18-12(14)4-7-16(24)21-18/h5-6,15,23,26H,2-4,7-11H2,1H3,(H,21,24)/t15-,19-/m1/s1. The molecule has 2 amide bonds. The summed E-state index contributed by atoms with van der Waals surface area (Å²) in [6.45, 7) is 2.12. The maximum Gasteiger partial charge on any atom is 0.224 e. The summed E-state index contributed by atoms with van der Waals surface area (Å²) in [4.78, 5) is 25.0. The van der Waals surface area contributed by atoms with Gasteiger partial charge in [-0.25, -0.2) is 4.39 Å². The number of halogens is 1. The Kier molecular flexibility index (Phi) is 5.67. The first kappa shape index (κ1) is 19.6. The van der Waals surface area contributed by atoms with Gasteiger partial charge in [0.05, 0.1) is 5.69 Å². The van der Waals surface area contributed by atoms with Crippen LogP contribution in [0, 0.1) is 5.82 Å². The highest BCUT2D eigenvalue weighted by molar-refractivity contribution is 5.94. The molecule has 148 valence electrons. The van der Waals surface area contributed by atoms with Gasteiger partial charge < -0.3 is 25.2 Å². The minimum atomic E-state index is -1.50. The van der Waals surface area contributed by atoms with Crippen LogP contribution in [0.2, 0.25) is 0 Å². The van der Waals surface area contributed by atoms with E-state index in [9.17, 15) is 24.2 Å². The second kappa shape index (κ2) is 7.82. The molecule has 2 atom stereocenters. The number of piperidine rings is 1. The quantitative estimate of drug-likeness (QED) is 0.713. The Hall–Kier alpha value is -2.19. The first-order valence-corrected chi connectivity index (χ1v) is 9.26. The highest BCUT2D eigenvalue weighted by Gasteiger charge is 2.42. The van der Waals surface area contributed by atoms with E-state index in [1.165, 1.54) is 12.1 Å². The Bertz CT molecular complexity index is 741. The molecule has 0 aromatic heterocycles. The fourth-order valence-corrected chi connectivity index (χ4v) is 3.49. The molecule has 8 heteroatoms. The number of aliphatic hydroxyl groups excluding tert-OH is 1. The van der Waals surface area contributed by atoms with Crippen LogP contribution in [-0.4, -0.2) is 58.3 Å². The molecule has 2 aliphatic rings. The number of nitrogens with one attached hydrogen (secondary N) is 1. The maximum absolute atomic E-state index is 13.9. The van der Waals surface area contributed by atoms with E-state index in [-0.39, 0.29) is 43.5 Å². The lowest BCUT2D eigenvalue weighted by Crippen LogP contribution is -2.59. The van der Waals surface area contributed by atoms with Crippen LogP contribution in [0.25, 0.3) is 0 Å². The number of hydrogen-bond donors (Lipinski definition) is 3. The Balaban J connectivity index is 1.68. The fourth-order valence-electron chi connectivity index (χ4n) is 3.49. The molecule has 1 fully saturated rings. The summed E-state index contributed by atoms with van der Waals surface area (Å²) in [5, 5.41) is 23.6. The van der Waals surface area contributed by atoms with Crippen molar-refractivity contribution in [2.24, 2.45) is 0 Å². The summed E-state index contributed by atoms with van der Waals surface area (Å²) < 4.78 is 19.7. The summed E-state index contributed by atoms with van der Waals surface area (Å²) in [6.07, 6.45) is 0.759. The van der Waals surface area contributed by atoms with E-state index in [2.05, 4.69) is 5.32 Å². The number of rotatable bonds is 5. The van der Waals surface area contributed by atoms with Gasteiger partial charge in [-0.05, 0) is 31.4 Å². The first-order chi connectivity index (χ1) is 12.8. The number of aliphatic hydroxyl groups is 2. The zero-order chi connectivity index (χ0) is 19.6. The molecule has 3 N–H and O–H groups in total. The molecule has 1 saturated heterocycles. The van der Waals surface area contributed by atoms with E-state index >= 15 is 0 Å². The summed E-state index contributed by atoms with van der Waals surface area (Å²) in [6, 6.07) is 2.66. The second-order valence-corrected chi connectivity index (χ2v) is 7.20. The van der Waals surface area contributed by atoms with E-state index in [0.29, 0.717) is 30.7 Å². The number of likely N-dealkylation sites (tertiary alicyclic amines) is 1. The Morgan fingerprint density at radius 3 is 2.93 bits per heavy atom. The molecule has 0 spiro atoms. The molecular formula is C19H25FN2O5. The molecule has 0 radical (unpaired) electrons. The third-order valence-corrected chi connectivity index (χ3v) is 5.21. The average molecular weight is 380 g/mol. The Morgan fingerprint density at radius 1 is 1.44 bits per heavy atom. The van der Waals surface area contributed by atoms with Crippen LogP contribution in [0.15, 0.2) is 12.1 Å². The van der Waals surface area contributed by atoms with E-state index in [1.54, 1.807) is 4.90 Å². The van der Waals surface area contributed by atoms with E-state index in [0.717, 1.165) is 6.42 Å². The SMILES string of the molecule is CCCC(=O)N1CC[C@@](O)(COc2ccc(F)c3c2CCC(=O)N3)[C@H](O)C1. The lowest BCUT2D eigenvalue weighted by molar-refractivity contribution is -0.155. The van der Waals surface area contributed by atoms with Crippen molar-refractivity contribution in [3.05, 3.63) is 23.5 Å². The van der Waals surface area contributed by atoms with Crippen molar-refractivity contribution in [2.75, 3.05) is 25.0 Å². The third-order valence-electron chi connectivity index (χ3n) is 5.21. The second-order valence-electron chi connectivity index (χ2n) is 7.20. The number of hydrogen-bond acceptors (Lipinski definition) is 5. The van der Waals surface area contributed by atoms with Crippen LogP contribution in [0.4, 0.5) is 10.1 Å². The highest BCUT2D eigenvalue weighted by Crippen LogP contribution is 2.34. The van der Waals surface area contributed by atoms with Gasteiger partial charge in [-0.3, -0.25) is 9.59 Å². The monoisotopic (exact) mass is 380 g/mol. The predicted molar refractivity (Wildman–Crippen MR) is 95.9 cm³/mol. The van der Waals surface area contributed by atoms with E-state index in [1.807, 2.05) is 6.92 Å². The molecular weight excluding hydrogens is 355 g/mol. The lowest BCUT2D eigenvalue weighted by Gasteiger charge is -2.42. The number of anilines is 1. The van der Waals surface area contributed by atoms with Crippen LogP contribution in [0.1, 0.15) is 38.2 Å². The maximum atomic E-state index is 13.9. The molecule has 0 unspecified atom stereocenters. The van der Waals surface area contributed by atoms with Gasteiger partial charge in [0.2, 0.25) is 11.8 Å². The predicted octanol–water partition coefficient (Wildman–Crippen LogP) is 1.21. The molecule has 27 heavy (non-hydrogen) atoms. The summed E-state index contributed by atoms with van der Waals surface area (Å²) in [7, 11) is 0. The number of nitrogens with zero attached hydrogens (tertiary/aromatic N) is 1. The molecule has 7 nitrogen and oxygen atoms in total. The average Bonchev–Trinajstić information content (AvgIpc) is 2.64. The molecule has 0 saturated carbocycles. The van der Waals surface area contributed by atoms with Gasteiger partial charge in [0, 0.05) is 31.5 Å². The zero-order valence-electron chi connectivity index (χ0n) is 15.3. The van der Waals surface area contributed by atoms with Gasteiger partial charge in [-0.15, -0.1) is 0 Å². The summed E-state index contributed by atoms with van der Waals surface area (Å²) in [5.74, 6) is -0.456. The highest BCUT2D eigenvalue weighted by atomic mass is 19.1. The van der Waals surface area contributed by atoms with Gasteiger partial charge in [-0.2, -0.15) is 0 Å². The normalized spacial score (nSPS) is 25.0. The summed E-state index contributed by atoms with van der Waals surface area (Å²) in [5.41, 5.74) is -0.846. The van der Waals surface area contributed by atoms with Gasteiger partial charge in [0.25, 0.3) is 0 Å². The zero-order valence-corrected chi connectivity index (χ0v) is 15.3. The lowest BCUT2D eigenvalue weighted by atomic mass is 9.89.